The number of methoxy groups -OCH3 is 1. The molecule has 194 valence electrons. The van der Waals surface area contributed by atoms with Crippen LogP contribution in [0.25, 0.3) is 0 Å². The number of pyridine rings is 1. The van der Waals surface area contributed by atoms with Crippen molar-refractivity contribution in [2.75, 3.05) is 7.11 Å². The van der Waals surface area contributed by atoms with E-state index in [9.17, 15) is 9.59 Å². The van der Waals surface area contributed by atoms with Crippen LogP contribution in [0.15, 0.2) is 36.5 Å². The van der Waals surface area contributed by atoms with E-state index >= 15 is 0 Å². The molecule has 2 heterocycles. The number of nitrogens with zero attached hydrogens (tertiary/aromatic N) is 2. The first-order valence-electron chi connectivity index (χ1n) is 12.4. The van der Waals surface area contributed by atoms with Crippen molar-refractivity contribution in [2.45, 2.75) is 77.4 Å². The number of carbonyl (C=O) groups is 2. The lowest BCUT2D eigenvalue weighted by atomic mass is 9.55. The van der Waals surface area contributed by atoms with Crippen LogP contribution in [0.1, 0.15) is 77.0 Å². The number of ether oxygens (including phenoxy) is 2. The van der Waals surface area contributed by atoms with Gasteiger partial charge in [-0.3, -0.25) is 9.78 Å². The fourth-order valence-electron chi connectivity index (χ4n) is 6.33. The van der Waals surface area contributed by atoms with Crippen LogP contribution in [0.5, 0.6) is 5.75 Å². The van der Waals surface area contributed by atoms with Crippen LogP contribution in [0, 0.1) is 11.3 Å². The number of carbonyl (C=O) groups excluding carboxylic acids is 2. The number of halogens is 2. The van der Waals surface area contributed by atoms with Crippen molar-refractivity contribution < 1.29 is 19.1 Å². The van der Waals surface area contributed by atoms with Crippen molar-refractivity contribution in [1.29, 1.82) is 0 Å². The zero-order chi connectivity index (χ0) is 26.4. The molecule has 1 aliphatic heterocycles. The first-order chi connectivity index (χ1) is 16.9. The first-order valence-corrected chi connectivity index (χ1v) is 13.2. The highest BCUT2D eigenvalue weighted by molar-refractivity contribution is 6.31. The second kappa shape index (κ2) is 9.86. The Labute approximate surface area is 223 Å². The predicted octanol–water partition coefficient (Wildman–Crippen LogP) is 7.24. The zero-order valence-corrected chi connectivity index (χ0v) is 23.2. The van der Waals surface area contributed by atoms with Crippen molar-refractivity contribution in [3.63, 3.8) is 0 Å². The van der Waals surface area contributed by atoms with Gasteiger partial charge >= 0.3 is 6.09 Å². The third kappa shape index (κ3) is 4.58. The van der Waals surface area contributed by atoms with Gasteiger partial charge in [-0.2, -0.15) is 0 Å². The normalized spacial score (nSPS) is 28.1. The molecule has 1 aromatic carbocycles. The Morgan fingerprint density at radius 3 is 2.50 bits per heavy atom. The van der Waals surface area contributed by atoms with Crippen LogP contribution in [-0.2, 0) is 9.53 Å². The summed E-state index contributed by atoms with van der Waals surface area (Å²) in [4.78, 5) is 33.3. The molecule has 0 unspecified atom stereocenters. The van der Waals surface area contributed by atoms with Crippen LogP contribution in [0.3, 0.4) is 0 Å². The van der Waals surface area contributed by atoms with Crippen LogP contribution >= 0.6 is 23.2 Å². The molecule has 4 rings (SSSR count). The van der Waals surface area contributed by atoms with Gasteiger partial charge in [-0.25, -0.2) is 9.69 Å². The van der Waals surface area contributed by atoms with Gasteiger partial charge in [0.05, 0.1) is 17.5 Å². The average molecular weight is 533 g/mol. The molecular weight excluding hydrogens is 499 g/mol. The summed E-state index contributed by atoms with van der Waals surface area (Å²) in [5.41, 5.74) is 0.418. The minimum absolute atomic E-state index is 0.00408. The highest BCUT2D eigenvalue weighted by Gasteiger charge is 2.64. The van der Waals surface area contributed by atoms with Crippen molar-refractivity contribution in [2.24, 2.45) is 11.3 Å². The molecule has 0 radical (unpaired) electrons. The maximum atomic E-state index is 14.0. The zero-order valence-electron chi connectivity index (χ0n) is 21.7. The van der Waals surface area contributed by atoms with E-state index < -0.39 is 17.1 Å². The van der Waals surface area contributed by atoms with E-state index in [2.05, 4.69) is 0 Å². The third-order valence-electron chi connectivity index (χ3n) is 7.85. The molecule has 2 aromatic rings. The third-order valence-corrected chi connectivity index (χ3v) is 8.40. The van der Waals surface area contributed by atoms with Gasteiger partial charge in [-0.15, -0.1) is 0 Å². The summed E-state index contributed by atoms with van der Waals surface area (Å²) in [5.74, 6) is 0.191. The van der Waals surface area contributed by atoms with Crippen molar-refractivity contribution >= 4 is 35.2 Å². The quantitative estimate of drug-likeness (QED) is 0.415. The Morgan fingerprint density at radius 1 is 1.22 bits per heavy atom. The van der Waals surface area contributed by atoms with E-state index in [0.717, 1.165) is 17.7 Å². The lowest BCUT2D eigenvalue weighted by molar-refractivity contribution is -0.138. The van der Waals surface area contributed by atoms with Gasteiger partial charge in [-0.1, -0.05) is 36.2 Å². The molecule has 8 heteroatoms. The standard InChI is InChI=1S/C28H34Cl2N2O4/c1-7-28-13-12-20(19-10-9-18(35-6)14-21(19)30)23(22-11-8-17(29)15-31-22)24(28)16(2)32(25(28)33)26(34)36-27(3,4)5/h8-11,14-16,20,23-24H,7,12-13H2,1-6H3/t16-,20-,23+,24-,28+/m0/s1. The molecule has 1 aliphatic carbocycles. The van der Waals surface area contributed by atoms with Gasteiger partial charge in [0.15, 0.2) is 0 Å². The van der Waals surface area contributed by atoms with Crippen molar-refractivity contribution in [1.82, 2.24) is 9.88 Å². The first kappa shape index (κ1) is 26.7. The second-order valence-electron chi connectivity index (χ2n) is 10.9. The Bertz CT molecular complexity index is 1150. The summed E-state index contributed by atoms with van der Waals surface area (Å²) in [6, 6.07) is 9.10. The fourth-order valence-corrected chi connectivity index (χ4v) is 6.76. The number of hydrogen-bond donors (Lipinski definition) is 0. The largest absolute Gasteiger partial charge is 0.497 e. The smallest absolute Gasteiger partial charge is 0.417 e. The summed E-state index contributed by atoms with van der Waals surface area (Å²) in [5, 5.41) is 1.16. The van der Waals surface area contributed by atoms with Gasteiger partial charge < -0.3 is 9.47 Å². The van der Waals surface area contributed by atoms with E-state index in [0.29, 0.717) is 28.6 Å². The monoisotopic (exact) mass is 532 g/mol. The van der Waals surface area contributed by atoms with E-state index in [4.69, 9.17) is 37.7 Å². The molecule has 0 bridgehead atoms. The Hall–Kier alpha value is -2.31. The molecular formula is C28H34Cl2N2O4. The lowest BCUT2D eigenvalue weighted by Gasteiger charge is -2.47. The molecule has 6 nitrogen and oxygen atoms in total. The van der Waals surface area contributed by atoms with Gasteiger partial charge in [0.1, 0.15) is 11.4 Å². The second-order valence-corrected chi connectivity index (χ2v) is 11.7. The molecule has 5 atom stereocenters. The highest BCUT2D eigenvalue weighted by Crippen LogP contribution is 2.62. The van der Waals surface area contributed by atoms with Gasteiger partial charge in [0.25, 0.3) is 0 Å². The van der Waals surface area contributed by atoms with E-state index in [1.165, 1.54) is 4.90 Å². The maximum absolute atomic E-state index is 14.0. The number of benzene rings is 1. The number of rotatable bonds is 4. The Morgan fingerprint density at radius 2 is 1.94 bits per heavy atom. The molecule has 0 N–H and O–H groups in total. The number of amides is 2. The van der Waals surface area contributed by atoms with Gasteiger partial charge in [0, 0.05) is 34.8 Å². The van der Waals surface area contributed by atoms with Gasteiger partial charge in [0.2, 0.25) is 5.91 Å². The summed E-state index contributed by atoms with van der Waals surface area (Å²) in [7, 11) is 1.61. The summed E-state index contributed by atoms with van der Waals surface area (Å²) in [6.45, 7) is 9.40. The van der Waals surface area contributed by atoms with Crippen LogP contribution in [0.4, 0.5) is 4.79 Å². The molecule has 1 saturated heterocycles. The van der Waals surface area contributed by atoms with Crippen LogP contribution in [0.2, 0.25) is 10.0 Å². The SMILES string of the molecule is CC[C@@]12CC[C@@H](c3ccc(OC)cc3Cl)[C@H](c3ccc(Cl)cn3)[C@@H]1[C@H](C)N(C(=O)OC(C)(C)C)C2=O. The molecule has 36 heavy (non-hydrogen) atoms. The molecule has 2 amide bonds. The number of likely N-dealkylation sites (tertiary alicyclic amines) is 1. The number of imide groups is 1. The Balaban J connectivity index is 1.85. The molecule has 0 spiro atoms. The highest BCUT2D eigenvalue weighted by atomic mass is 35.5. The van der Waals surface area contributed by atoms with E-state index in [1.54, 1.807) is 34.1 Å². The van der Waals surface area contributed by atoms with Crippen LogP contribution in [-0.4, -0.2) is 40.6 Å². The fraction of sp³-hybridized carbons (Fsp3) is 0.536. The van der Waals surface area contributed by atoms with E-state index in [-0.39, 0.29) is 29.7 Å². The van der Waals surface area contributed by atoms with E-state index in [1.807, 2.05) is 44.2 Å². The summed E-state index contributed by atoms with van der Waals surface area (Å²) < 4.78 is 11.0. The predicted molar refractivity (Wildman–Crippen MR) is 141 cm³/mol. The van der Waals surface area contributed by atoms with Crippen molar-refractivity contribution in [3.05, 3.63) is 57.8 Å². The summed E-state index contributed by atoms with van der Waals surface area (Å²) >= 11 is 13.0. The minimum atomic E-state index is -0.708. The molecule has 2 aliphatic rings. The van der Waals surface area contributed by atoms with Crippen LogP contribution < -0.4 is 4.74 Å². The summed E-state index contributed by atoms with van der Waals surface area (Å²) in [6.07, 6.45) is 3.04. The Kier molecular flexibility index (Phi) is 7.33. The topological polar surface area (TPSA) is 68.7 Å². The molecule has 2 fully saturated rings. The number of aromatic nitrogens is 1. The minimum Gasteiger partial charge on any atom is -0.497 e. The van der Waals surface area contributed by atoms with Crippen molar-refractivity contribution in [3.8, 4) is 5.75 Å². The molecule has 1 aromatic heterocycles. The molecule has 1 saturated carbocycles. The number of hydrogen-bond acceptors (Lipinski definition) is 5. The lowest BCUT2D eigenvalue weighted by Crippen LogP contribution is -2.44. The number of fused-ring (bicyclic) bond motifs is 1. The maximum Gasteiger partial charge on any atom is 0.417 e. The average Bonchev–Trinajstić information content (AvgIpc) is 3.05. The van der Waals surface area contributed by atoms with Gasteiger partial charge in [-0.05, 0) is 82.7 Å².